The number of halogens is 1. The van der Waals surface area contributed by atoms with Gasteiger partial charge in [0.1, 0.15) is 10.6 Å². The van der Waals surface area contributed by atoms with Crippen LogP contribution < -0.4 is 0 Å². The molecule has 1 aromatic rings. The molecule has 66 valence electrons. The summed E-state index contributed by atoms with van der Waals surface area (Å²) in [5.41, 5.74) is -0.229. The highest BCUT2D eigenvalue weighted by Crippen LogP contribution is 2.15. The molecule has 12 heavy (non-hydrogen) atoms. The summed E-state index contributed by atoms with van der Waals surface area (Å²) in [4.78, 5) is 9.87. The van der Waals surface area contributed by atoms with Gasteiger partial charge in [0, 0.05) is 13.2 Å². The molecule has 0 aromatic carbocycles. The maximum Gasteiger partial charge on any atom is 0.191 e. The van der Waals surface area contributed by atoms with E-state index in [9.17, 15) is 13.4 Å². The van der Waals surface area contributed by atoms with Crippen LogP contribution in [0.1, 0.15) is 10.5 Å². The Bertz CT molecular complexity index is 347. The van der Waals surface area contributed by atoms with E-state index in [2.05, 4.69) is 0 Å². The Morgan fingerprint density at radius 3 is 2.58 bits per heavy atom. The molecule has 6 heteroatoms. The van der Waals surface area contributed by atoms with Crippen LogP contribution in [0.3, 0.4) is 0 Å². The van der Waals surface area contributed by atoms with E-state index in [1.165, 1.54) is 7.05 Å². The molecule has 4 nitrogen and oxygen atoms in total. The highest BCUT2D eigenvalue weighted by molar-refractivity contribution is 7.79. The molecule has 1 unspecified atom stereocenters. The fourth-order valence-corrected chi connectivity index (χ4v) is 1.35. The maximum absolute atomic E-state index is 12.9. The quantitative estimate of drug-likeness (QED) is 0.548. The molecule has 0 fully saturated rings. The van der Waals surface area contributed by atoms with Gasteiger partial charge < -0.3 is 9.12 Å². The van der Waals surface area contributed by atoms with Crippen LogP contribution in [0, 0.1) is 5.82 Å². The largest absolute Gasteiger partial charge is 0.345 e. The summed E-state index contributed by atoms with van der Waals surface area (Å²) in [6.07, 6.45) is 1.40. The first kappa shape index (κ1) is 9.08. The third-order valence-corrected chi connectivity index (χ3v) is 2.09. The third-order valence-electron chi connectivity index (χ3n) is 1.43. The average Bonchev–Trinajstić information content (AvgIpc) is 2.27. The Morgan fingerprint density at radius 1 is 1.75 bits per heavy atom. The van der Waals surface area contributed by atoms with Crippen molar-refractivity contribution in [1.82, 2.24) is 4.57 Å². The molecule has 1 aromatic heterocycles. The first-order valence-electron chi connectivity index (χ1n) is 2.98. The zero-order valence-corrected chi connectivity index (χ0v) is 6.97. The standard InChI is InChI=1S/C6H6FNO3S/c1-8-2-5(12(10)11)6(7)4(8)3-9/h2-3H,1H3,(H,10,11). The molecule has 0 aliphatic carbocycles. The topological polar surface area (TPSA) is 59.3 Å². The number of aryl methyl sites for hydroxylation is 1. The van der Waals surface area contributed by atoms with E-state index in [0.717, 1.165) is 10.8 Å². The van der Waals surface area contributed by atoms with Crippen molar-refractivity contribution in [2.24, 2.45) is 7.05 Å². The van der Waals surface area contributed by atoms with Crippen LogP contribution in [0.25, 0.3) is 0 Å². The van der Waals surface area contributed by atoms with E-state index in [4.69, 9.17) is 4.55 Å². The third kappa shape index (κ3) is 1.30. The summed E-state index contributed by atoms with van der Waals surface area (Å²) < 4.78 is 33.1. The van der Waals surface area contributed by atoms with Crippen LogP contribution in [0.4, 0.5) is 4.39 Å². The van der Waals surface area contributed by atoms with E-state index < -0.39 is 16.9 Å². The molecule has 1 atom stereocenters. The fourth-order valence-electron chi connectivity index (χ4n) is 0.840. The van der Waals surface area contributed by atoms with Crippen LogP contribution in [0.2, 0.25) is 0 Å². The monoisotopic (exact) mass is 191 g/mol. The van der Waals surface area contributed by atoms with Crippen molar-refractivity contribution in [2.45, 2.75) is 4.90 Å². The van der Waals surface area contributed by atoms with Crippen molar-refractivity contribution in [2.75, 3.05) is 0 Å². The van der Waals surface area contributed by atoms with Crippen molar-refractivity contribution in [3.8, 4) is 0 Å². The lowest BCUT2D eigenvalue weighted by molar-refractivity contribution is 0.111. The minimum atomic E-state index is -2.39. The lowest BCUT2D eigenvalue weighted by Gasteiger charge is -1.89. The number of carbonyl (C=O) groups excluding carboxylic acids is 1. The van der Waals surface area contributed by atoms with Crippen molar-refractivity contribution in [1.29, 1.82) is 0 Å². The highest BCUT2D eigenvalue weighted by Gasteiger charge is 2.16. The smallest absolute Gasteiger partial charge is 0.191 e. The minimum Gasteiger partial charge on any atom is -0.345 e. The van der Waals surface area contributed by atoms with E-state index in [1.807, 2.05) is 0 Å². The average molecular weight is 191 g/mol. The summed E-state index contributed by atoms with van der Waals surface area (Å²) in [5.74, 6) is -0.937. The van der Waals surface area contributed by atoms with Crippen molar-refractivity contribution >= 4 is 17.4 Å². The van der Waals surface area contributed by atoms with Gasteiger partial charge in [0.2, 0.25) is 0 Å². The van der Waals surface area contributed by atoms with Crippen LogP contribution in [-0.4, -0.2) is 19.6 Å². The van der Waals surface area contributed by atoms with Crippen LogP contribution in [-0.2, 0) is 18.1 Å². The summed E-state index contributed by atoms with van der Waals surface area (Å²) >= 11 is -2.39. The molecule has 0 bridgehead atoms. The van der Waals surface area contributed by atoms with E-state index >= 15 is 0 Å². The predicted molar refractivity (Wildman–Crippen MR) is 39.8 cm³/mol. The molecule has 0 saturated carbocycles. The molecule has 1 rings (SSSR count). The first-order valence-corrected chi connectivity index (χ1v) is 4.09. The van der Waals surface area contributed by atoms with Gasteiger partial charge in [-0.1, -0.05) is 0 Å². The van der Waals surface area contributed by atoms with Gasteiger partial charge in [-0.25, -0.2) is 8.60 Å². The number of aldehydes is 1. The number of nitrogens with zero attached hydrogens (tertiary/aromatic N) is 1. The van der Waals surface area contributed by atoms with E-state index in [1.54, 1.807) is 0 Å². The van der Waals surface area contributed by atoms with Crippen LogP contribution in [0.5, 0.6) is 0 Å². The Balaban J connectivity index is 3.35. The van der Waals surface area contributed by atoms with Gasteiger partial charge in [-0.3, -0.25) is 4.79 Å². The Kier molecular flexibility index (Phi) is 2.39. The normalized spacial score (nSPS) is 12.9. The van der Waals surface area contributed by atoms with Gasteiger partial charge in [-0.2, -0.15) is 0 Å². The van der Waals surface area contributed by atoms with Gasteiger partial charge in [0.25, 0.3) is 0 Å². The van der Waals surface area contributed by atoms with Crippen molar-refractivity contribution in [3.05, 3.63) is 17.7 Å². The molecule has 0 aliphatic rings. The molecule has 1 heterocycles. The molecule has 0 radical (unpaired) electrons. The van der Waals surface area contributed by atoms with Crippen LogP contribution in [0.15, 0.2) is 11.1 Å². The molecule has 0 aliphatic heterocycles. The second kappa shape index (κ2) is 3.16. The summed E-state index contributed by atoms with van der Waals surface area (Å²) in [6, 6.07) is 0. The second-order valence-corrected chi connectivity index (χ2v) is 3.11. The summed E-state index contributed by atoms with van der Waals surface area (Å²) in [5, 5.41) is 0. The summed E-state index contributed by atoms with van der Waals surface area (Å²) in [7, 11) is 1.42. The number of hydrogen-bond donors (Lipinski definition) is 1. The second-order valence-electron chi connectivity index (χ2n) is 2.17. The van der Waals surface area contributed by atoms with E-state index in [-0.39, 0.29) is 10.6 Å². The zero-order chi connectivity index (χ0) is 9.30. The lowest BCUT2D eigenvalue weighted by Crippen LogP contribution is -1.94. The number of rotatable bonds is 2. The van der Waals surface area contributed by atoms with Gasteiger partial charge in [0.15, 0.2) is 23.2 Å². The number of aromatic nitrogens is 1. The molecule has 0 spiro atoms. The van der Waals surface area contributed by atoms with Crippen LogP contribution >= 0.6 is 0 Å². The van der Waals surface area contributed by atoms with Crippen molar-refractivity contribution < 1.29 is 17.9 Å². The Labute approximate surface area is 70.3 Å². The van der Waals surface area contributed by atoms with Gasteiger partial charge in [0.05, 0.1) is 0 Å². The summed E-state index contributed by atoms with van der Waals surface area (Å²) in [6.45, 7) is 0. The van der Waals surface area contributed by atoms with Gasteiger partial charge in [-0.05, 0) is 0 Å². The number of carbonyl (C=O) groups is 1. The Hall–Kier alpha value is -1.01. The highest BCUT2D eigenvalue weighted by atomic mass is 32.2. The molecular weight excluding hydrogens is 185 g/mol. The van der Waals surface area contributed by atoms with E-state index in [0.29, 0.717) is 6.29 Å². The minimum absolute atomic E-state index is 0.229. The predicted octanol–water partition coefficient (Wildman–Crippen LogP) is 0.557. The van der Waals surface area contributed by atoms with Gasteiger partial charge >= 0.3 is 0 Å². The maximum atomic E-state index is 12.9. The fraction of sp³-hybridized carbons (Fsp3) is 0.167. The molecule has 0 amide bonds. The zero-order valence-electron chi connectivity index (χ0n) is 6.15. The number of hydrogen-bond acceptors (Lipinski definition) is 2. The molecular formula is C6H6FNO3S. The Morgan fingerprint density at radius 2 is 2.33 bits per heavy atom. The molecule has 0 saturated heterocycles. The van der Waals surface area contributed by atoms with Gasteiger partial charge in [-0.15, -0.1) is 0 Å². The van der Waals surface area contributed by atoms with Crippen molar-refractivity contribution in [3.63, 3.8) is 0 Å². The molecule has 1 N–H and O–H groups in total. The SMILES string of the molecule is Cn1cc(S(=O)O)c(F)c1C=O. The first-order chi connectivity index (χ1) is 5.57. The lowest BCUT2D eigenvalue weighted by atomic mass is 10.4.